The quantitative estimate of drug-likeness (QED) is 0.303. The number of hydrogen-bond donors (Lipinski definition) is 2. The summed E-state index contributed by atoms with van der Waals surface area (Å²) in [6, 6.07) is 16.4. The lowest BCUT2D eigenvalue weighted by Crippen LogP contribution is -2.50. The second-order valence-electron chi connectivity index (χ2n) is 8.41. The van der Waals surface area contributed by atoms with Gasteiger partial charge in [0.25, 0.3) is 0 Å². The molecule has 0 spiro atoms. The van der Waals surface area contributed by atoms with Gasteiger partial charge in [-0.2, -0.15) is 0 Å². The zero-order chi connectivity index (χ0) is 27.8. The maximum Gasteiger partial charge on any atom is 0.333 e. The molecule has 3 rings (SSSR count). The lowest BCUT2D eigenvalue weighted by molar-refractivity contribution is -0.137. The number of aliphatic imine (C=N–C) groups is 1. The van der Waals surface area contributed by atoms with E-state index in [1.807, 2.05) is 26.0 Å². The molecule has 0 saturated heterocycles. The van der Waals surface area contributed by atoms with Gasteiger partial charge in [0.1, 0.15) is 11.5 Å². The van der Waals surface area contributed by atoms with Crippen molar-refractivity contribution in [1.29, 1.82) is 0 Å². The second kappa shape index (κ2) is 12.7. The van der Waals surface area contributed by atoms with Crippen molar-refractivity contribution >= 4 is 41.2 Å². The number of aliphatic carboxylic acids is 1. The summed E-state index contributed by atoms with van der Waals surface area (Å²) in [6.45, 7) is 4.60. The predicted octanol–water partition coefficient (Wildman–Crippen LogP) is 5.04. The average molecular weight is 538 g/mol. The minimum absolute atomic E-state index is 0.0247. The Hall–Kier alpha value is -4.44. The highest BCUT2D eigenvalue weighted by molar-refractivity contribution is 6.30. The van der Waals surface area contributed by atoms with E-state index < -0.39 is 24.3 Å². The first-order valence-corrected chi connectivity index (χ1v) is 12.0. The summed E-state index contributed by atoms with van der Waals surface area (Å²) in [5.41, 5.74) is 9.00. The summed E-state index contributed by atoms with van der Waals surface area (Å²) in [6.07, 6.45) is -0.408. The van der Waals surface area contributed by atoms with Crippen LogP contribution in [0, 0.1) is 13.8 Å². The topological polar surface area (TPSA) is 138 Å². The van der Waals surface area contributed by atoms with Gasteiger partial charge in [0, 0.05) is 24.2 Å². The molecular formula is C27H28ClN5O5. The van der Waals surface area contributed by atoms with Gasteiger partial charge in [0.05, 0.1) is 24.3 Å². The number of nitrogens with two attached hydrogens (primary N) is 1. The Morgan fingerprint density at radius 1 is 1.00 bits per heavy atom. The molecule has 0 unspecified atom stereocenters. The zero-order valence-corrected chi connectivity index (χ0v) is 22.0. The summed E-state index contributed by atoms with van der Waals surface area (Å²) in [4.78, 5) is 47.2. The molecule has 0 aliphatic rings. The first-order valence-electron chi connectivity index (χ1n) is 11.7. The third kappa shape index (κ3) is 7.78. The Kier molecular flexibility index (Phi) is 9.39. The molecule has 0 radical (unpaired) electrons. The number of carbonyl (C=O) groups is 3. The van der Waals surface area contributed by atoms with Crippen LogP contribution in [-0.2, 0) is 16.1 Å². The fourth-order valence-corrected chi connectivity index (χ4v) is 3.58. The van der Waals surface area contributed by atoms with E-state index in [0.717, 1.165) is 21.2 Å². The van der Waals surface area contributed by atoms with Gasteiger partial charge in [-0.05, 0) is 67.9 Å². The van der Waals surface area contributed by atoms with Crippen LogP contribution in [0.5, 0.6) is 11.5 Å². The highest BCUT2D eigenvalue weighted by atomic mass is 35.5. The number of halogens is 1. The number of aryl methyl sites for hydroxylation is 2. The van der Waals surface area contributed by atoms with E-state index >= 15 is 0 Å². The van der Waals surface area contributed by atoms with Crippen molar-refractivity contribution < 1.29 is 24.2 Å². The molecule has 3 N–H and O–H groups in total. The predicted molar refractivity (Wildman–Crippen MR) is 144 cm³/mol. The molecule has 0 bridgehead atoms. The molecular weight excluding hydrogens is 510 g/mol. The van der Waals surface area contributed by atoms with Gasteiger partial charge in [-0.1, -0.05) is 23.7 Å². The van der Waals surface area contributed by atoms with Crippen molar-refractivity contribution in [1.82, 2.24) is 14.8 Å². The van der Waals surface area contributed by atoms with E-state index in [-0.39, 0.29) is 19.0 Å². The molecule has 11 heteroatoms. The molecule has 198 valence electrons. The number of pyridine rings is 1. The van der Waals surface area contributed by atoms with Crippen LogP contribution in [-0.4, -0.2) is 50.3 Å². The third-order valence-electron chi connectivity index (χ3n) is 5.41. The fourth-order valence-electron chi connectivity index (χ4n) is 3.45. The maximum atomic E-state index is 13.3. The number of carbonyl (C=O) groups excluding carboxylic acids is 2. The van der Waals surface area contributed by atoms with E-state index in [0.29, 0.717) is 27.8 Å². The summed E-state index contributed by atoms with van der Waals surface area (Å²) in [7, 11) is 0. The van der Waals surface area contributed by atoms with Gasteiger partial charge in [0.2, 0.25) is 11.9 Å². The number of nitrogens with zero attached hydrogens (tertiary/aromatic N) is 4. The summed E-state index contributed by atoms with van der Waals surface area (Å²) in [5.74, 6) is -0.765. The Morgan fingerprint density at radius 3 is 2.24 bits per heavy atom. The molecule has 1 aromatic heterocycles. The van der Waals surface area contributed by atoms with Crippen LogP contribution < -0.4 is 10.5 Å². The number of ether oxygens (including phenoxy) is 1. The second-order valence-corrected chi connectivity index (χ2v) is 8.85. The van der Waals surface area contributed by atoms with Crippen LogP contribution in [0.15, 0.2) is 65.7 Å². The van der Waals surface area contributed by atoms with Crippen molar-refractivity contribution in [2.45, 2.75) is 33.7 Å². The molecule has 0 aliphatic carbocycles. The molecule has 0 saturated carbocycles. The Bertz CT molecular complexity index is 1340. The standard InChI is InChI=1S/C27H28ClN5O5/c1-17-4-13-24(18(2)30-17)38-23-11-9-22(10-12-23)31-26(29)33(16-20-5-7-21(28)8-6-20)27(37)32(19(3)34)15-14-25(35)36/h4-13H,14-16H2,1-3H3,(H2,29,31)(H,35,36). The molecule has 3 aromatic rings. The number of guanidine groups is 1. The number of carboxylic acid groups (broad SMARTS) is 1. The first kappa shape index (κ1) is 28.1. The molecule has 3 amide bonds. The Morgan fingerprint density at radius 2 is 1.66 bits per heavy atom. The van der Waals surface area contributed by atoms with Crippen LogP contribution in [0.2, 0.25) is 5.02 Å². The van der Waals surface area contributed by atoms with Crippen LogP contribution in [0.25, 0.3) is 0 Å². The Balaban J connectivity index is 1.87. The van der Waals surface area contributed by atoms with E-state index in [4.69, 9.17) is 27.2 Å². The summed E-state index contributed by atoms with van der Waals surface area (Å²) >= 11 is 5.97. The molecule has 2 aromatic carbocycles. The largest absolute Gasteiger partial charge is 0.481 e. The molecule has 10 nitrogen and oxygen atoms in total. The van der Waals surface area contributed by atoms with Crippen molar-refractivity contribution in [2.75, 3.05) is 6.54 Å². The van der Waals surface area contributed by atoms with Crippen molar-refractivity contribution in [3.05, 3.63) is 82.6 Å². The molecule has 1 heterocycles. The lowest BCUT2D eigenvalue weighted by atomic mass is 10.2. The number of carboxylic acids is 1. The highest BCUT2D eigenvalue weighted by Crippen LogP contribution is 2.26. The monoisotopic (exact) mass is 537 g/mol. The number of hydrogen-bond acceptors (Lipinski definition) is 6. The van der Waals surface area contributed by atoms with Crippen LogP contribution in [0.1, 0.15) is 30.3 Å². The lowest BCUT2D eigenvalue weighted by Gasteiger charge is -2.28. The fraction of sp³-hybridized carbons (Fsp3) is 0.222. The van der Waals surface area contributed by atoms with Gasteiger partial charge in [-0.25, -0.2) is 9.79 Å². The van der Waals surface area contributed by atoms with Gasteiger partial charge < -0.3 is 15.6 Å². The number of aromatic nitrogens is 1. The first-order chi connectivity index (χ1) is 18.0. The molecule has 0 atom stereocenters. The number of benzene rings is 2. The highest BCUT2D eigenvalue weighted by Gasteiger charge is 2.27. The number of imide groups is 1. The van der Waals surface area contributed by atoms with Crippen molar-refractivity contribution in [3.63, 3.8) is 0 Å². The van der Waals surface area contributed by atoms with Crippen LogP contribution >= 0.6 is 11.6 Å². The average Bonchev–Trinajstić information content (AvgIpc) is 2.86. The third-order valence-corrected chi connectivity index (χ3v) is 5.66. The van der Waals surface area contributed by atoms with Crippen LogP contribution in [0.4, 0.5) is 10.5 Å². The van der Waals surface area contributed by atoms with Gasteiger partial charge in [0.15, 0.2) is 0 Å². The number of rotatable bonds is 8. The molecule has 0 aliphatic heterocycles. The normalized spacial score (nSPS) is 11.1. The van der Waals surface area contributed by atoms with Gasteiger partial charge >= 0.3 is 12.0 Å². The maximum absolute atomic E-state index is 13.3. The minimum Gasteiger partial charge on any atom is -0.481 e. The van der Waals surface area contributed by atoms with E-state index in [1.165, 1.54) is 6.92 Å². The van der Waals surface area contributed by atoms with Gasteiger partial charge in [-0.3, -0.25) is 24.4 Å². The molecule has 0 fully saturated rings. The zero-order valence-electron chi connectivity index (χ0n) is 21.2. The summed E-state index contributed by atoms with van der Waals surface area (Å²) < 4.78 is 5.89. The summed E-state index contributed by atoms with van der Waals surface area (Å²) in [5, 5.41) is 9.55. The molecule has 38 heavy (non-hydrogen) atoms. The minimum atomic E-state index is -1.14. The Labute approximate surface area is 225 Å². The number of amides is 3. The van der Waals surface area contributed by atoms with Gasteiger partial charge in [-0.15, -0.1) is 0 Å². The van der Waals surface area contributed by atoms with E-state index in [1.54, 1.807) is 48.5 Å². The smallest absolute Gasteiger partial charge is 0.333 e. The van der Waals surface area contributed by atoms with Crippen LogP contribution in [0.3, 0.4) is 0 Å². The van der Waals surface area contributed by atoms with Crippen molar-refractivity contribution in [2.24, 2.45) is 10.7 Å². The SMILES string of the molecule is CC(=O)N(CCC(=O)O)C(=O)N(Cc1ccc(Cl)cc1)C(N)=Nc1ccc(Oc2ccc(C)nc2C)cc1. The van der Waals surface area contributed by atoms with Crippen molar-refractivity contribution in [3.8, 4) is 11.5 Å². The van der Waals surface area contributed by atoms with E-state index in [2.05, 4.69) is 9.98 Å². The number of urea groups is 1. The van der Waals surface area contributed by atoms with E-state index in [9.17, 15) is 14.4 Å².